The molecule has 0 bridgehead atoms. The molecular weight excluding hydrogens is 331 g/mol. The molecule has 0 radical (unpaired) electrons. The predicted octanol–water partition coefficient (Wildman–Crippen LogP) is 2.70. The summed E-state index contributed by atoms with van der Waals surface area (Å²) in [5.41, 5.74) is 1.75. The average molecular weight is 352 g/mol. The van der Waals surface area contributed by atoms with Gasteiger partial charge in [0.2, 0.25) is 5.91 Å². The van der Waals surface area contributed by atoms with Crippen molar-refractivity contribution in [3.63, 3.8) is 0 Å². The standard InChI is InChI=1S/C16H21N2O5P/c1-21-24(20,22-2)23-9-5-8-17-16(19)11-13-10-14-6-3-4-7-15(14)18-12-13/h3-4,6-7,10,12H,5,8-9,11H2,1-2H3,(H,17,19). The summed E-state index contributed by atoms with van der Waals surface area (Å²) in [5.74, 6) is -0.103. The molecule has 8 heteroatoms. The van der Waals surface area contributed by atoms with Gasteiger partial charge in [0.15, 0.2) is 0 Å². The van der Waals surface area contributed by atoms with Gasteiger partial charge in [-0.15, -0.1) is 0 Å². The van der Waals surface area contributed by atoms with Crippen LogP contribution in [-0.2, 0) is 29.4 Å². The Morgan fingerprint density at radius 2 is 2.00 bits per heavy atom. The van der Waals surface area contributed by atoms with Gasteiger partial charge in [0, 0.05) is 32.3 Å². The Bertz CT molecular complexity index is 729. The highest BCUT2D eigenvalue weighted by atomic mass is 31.2. The lowest BCUT2D eigenvalue weighted by Crippen LogP contribution is -2.26. The Balaban J connectivity index is 1.74. The number of benzene rings is 1. The second-order valence-corrected chi connectivity index (χ2v) is 6.95. The van der Waals surface area contributed by atoms with Crippen molar-refractivity contribution in [2.75, 3.05) is 27.4 Å². The minimum absolute atomic E-state index is 0.103. The summed E-state index contributed by atoms with van der Waals surface area (Å²) < 4.78 is 26.0. The van der Waals surface area contributed by atoms with Crippen LogP contribution in [0.25, 0.3) is 10.9 Å². The fourth-order valence-corrected chi connectivity index (χ4v) is 2.83. The quantitative estimate of drug-likeness (QED) is 0.552. The molecule has 0 aliphatic carbocycles. The Morgan fingerprint density at radius 1 is 1.25 bits per heavy atom. The molecule has 0 aliphatic heterocycles. The number of aromatic nitrogens is 1. The van der Waals surface area contributed by atoms with E-state index < -0.39 is 7.82 Å². The molecule has 0 spiro atoms. The molecule has 1 aromatic carbocycles. The van der Waals surface area contributed by atoms with E-state index in [-0.39, 0.29) is 18.9 Å². The van der Waals surface area contributed by atoms with Crippen molar-refractivity contribution in [1.29, 1.82) is 0 Å². The molecule has 1 heterocycles. The van der Waals surface area contributed by atoms with Gasteiger partial charge in [0.1, 0.15) is 0 Å². The van der Waals surface area contributed by atoms with Gasteiger partial charge >= 0.3 is 7.82 Å². The fraction of sp³-hybridized carbons (Fsp3) is 0.375. The molecule has 7 nitrogen and oxygen atoms in total. The van der Waals surface area contributed by atoms with E-state index in [0.29, 0.717) is 13.0 Å². The predicted molar refractivity (Wildman–Crippen MR) is 90.7 cm³/mol. The Labute approximate surface area is 140 Å². The van der Waals surface area contributed by atoms with E-state index in [1.807, 2.05) is 30.3 Å². The number of rotatable bonds is 9. The van der Waals surface area contributed by atoms with Crippen LogP contribution < -0.4 is 5.32 Å². The first-order valence-electron chi connectivity index (χ1n) is 7.53. The molecule has 0 aliphatic rings. The summed E-state index contributed by atoms with van der Waals surface area (Å²) in [6.45, 7) is 0.573. The maximum Gasteiger partial charge on any atom is 0.474 e. The number of para-hydroxylation sites is 1. The largest absolute Gasteiger partial charge is 0.474 e. The molecule has 1 N–H and O–H groups in total. The van der Waals surface area contributed by atoms with E-state index in [1.165, 1.54) is 14.2 Å². The highest BCUT2D eigenvalue weighted by molar-refractivity contribution is 7.48. The molecular formula is C16H21N2O5P. The number of carbonyl (C=O) groups excluding carboxylic acids is 1. The molecule has 0 fully saturated rings. The first-order chi connectivity index (χ1) is 11.6. The third-order valence-electron chi connectivity index (χ3n) is 3.35. The minimum Gasteiger partial charge on any atom is -0.356 e. The molecule has 24 heavy (non-hydrogen) atoms. The van der Waals surface area contributed by atoms with Crippen LogP contribution in [0.1, 0.15) is 12.0 Å². The summed E-state index contributed by atoms with van der Waals surface area (Å²) in [7, 11) is -0.937. The molecule has 0 atom stereocenters. The van der Waals surface area contributed by atoms with Crippen LogP contribution in [-0.4, -0.2) is 38.3 Å². The first-order valence-corrected chi connectivity index (χ1v) is 8.99. The van der Waals surface area contributed by atoms with Crippen molar-refractivity contribution < 1.29 is 22.9 Å². The van der Waals surface area contributed by atoms with Crippen LogP contribution in [0.15, 0.2) is 36.5 Å². The highest BCUT2D eigenvalue weighted by Gasteiger charge is 2.21. The molecule has 130 valence electrons. The SMILES string of the molecule is COP(=O)(OC)OCCCNC(=O)Cc1cnc2ccccc2c1. The van der Waals surface area contributed by atoms with Crippen LogP contribution in [0.4, 0.5) is 0 Å². The average Bonchev–Trinajstić information content (AvgIpc) is 2.61. The maximum absolute atomic E-state index is 11.9. The second kappa shape index (κ2) is 8.89. The molecule has 0 saturated heterocycles. The number of nitrogens with zero attached hydrogens (tertiary/aromatic N) is 1. The fourth-order valence-electron chi connectivity index (χ4n) is 2.12. The van der Waals surface area contributed by atoms with Crippen molar-refractivity contribution in [2.45, 2.75) is 12.8 Å². The summed E-state index contributed by atoms with van der Waals surface area (Å²) in [5, 5.41) is 3.79. The van der Waals surface area contributed by atoms with Gasteiger partial charge in [-0.05, 0) is 24.1 Å². The van der Waals surface area contributed by atoms with Gasteiger partial charge in [-0.25, -0.2) is 4.57 Å². The molecule has 2 rings (SSSR count). The summed E-state index contributed by atoms with van der Waals surface area (Å²) in [6.07, 6.45) is 2.46. The number of amides is 1. The normalized spacial score (nSPS) is 11.6. The summed E-state index contributed by atoms with van der Waals surface area (Å²) in [4.78, 5) is 16.3. The first kappa shape index (κ1) is 18.5. The lowest BCUT2D eigenvalue weighted by molar-refractivity contribution is -0.120. The van der Waals surface area contributed by atoms with Crippen LogP contribution in [0.5, 0.6) is 0 Å². The van der Waals surface area contributed by atoms with E-state index >= 15 is 0 Å². The van der Waals surface area contributed by atoms with Crippen LogP contribution in [0, 0.1) is 0 Å². The van der Waals surface area contributed by atoms with Gasteiger partial charge < -0.3 is 5.32 Å². The van der Waals surface area contributed by atoms with E-state index in [2.05, 4.69) is 19.3 Å². The third-order valence-corrected chi connectivity index (χ3v) is 4.74. The second-order valence-electron chi connectivity index (χ2n) is 5.06. The number of phosphoric acid groups is 1. The number of hydrogen-bond acceptors (Lipinski definition) is 6. The van der Waals surface area contributed by atoms with Gasteiger partial charge in [-0.1, -0.05) is 18.2 Å². The Kier molecular flexibility index (Phi) is 6.87. The molecule has 0 unspecified atom stereocenters. The minimum atomic E-state index is -3.44. The zero-order valence-corrected chi connectivity index (χ0v) is 14.6. The van der Waals surface area contributed by atoms with E-state index in [0.717, 1.165) is 16.5 Å². The molecule has 1 amide bonds. The van der Waals surface area contributed by atoms with Crippen molar-refractivity contribution in [1.82, 2.24) is 10.3 Å². The van der Waals surface area contributed by atoms with Crippen molar-refractivity contribution in [3.8, 4) is 0 Å². The van der Waals surface area contributed by atoms with E-state index in [9.17, 15) is 9.36 Å². The maximum atomic E-state index is 11.9. The van der Waals surface area contributed by atoms with Gasteiger partial charge in [-0.2, -0.15) is 0 Å². The number of carbonyl (C=O) groups is 1. The summed E-state index contributed by atoms with van der Waals surface area (Å²) >= 11 is 0. The van der Waals surface area contributed by atoms with Crippen molar-refractivity contribution in [3.05, 3.63) is 42.1 Å². The van der Waals surface area contributed by atoms with E-state index in [1.54, 1.807) is 6.20 Å². The molecule has 0 saturated carbocycles. The van der Waals surface area contributed by atoms with Crippen LogP contribution >= 0.6 is 7.82 Å². The number of fused-ring (bicyclic) bond motifs is 1. The lowest BCUT2D eigenvalue weighted by Gasteiger charge is -2.13. The number of hydrogen-bond donors (Lipinski definition) is 1. The summed E-state index contributed by atoms with van der Waals surface area (Å²) in [6, 6.07) is 9.71. The van der Waals surface area contributed by atoms with Gasteiger partial charge in [0.25, 0.3) is 0 Å². The van der Waals surface area contributed by atoms with Crippen LogP contribution in [0.2, 0.25) is 0 Å². The van der Waals surface area contributed by atoms with Crippen LogP contribution in [0.3, 0.4) is 0 Å². The van der Waals surface area contributed by atoms with Gasteiger partial charge in [0.05, 0.1) is 18.5 Å². The zero-order chi connectivity index (χ0) is 17.4. The Morgan fingerprint density at radius 3 is 2.75 bits per heavy atom. The molecule has 2 aromatic rings. The smallest absolute Gasteiger partial charge is 0.356 e. The molecule has 1 aromatic heterocycles. The van der Waals surface area contributed by atoms with Gasteiger partial charge in [-0.3, -0.25) is 23.3 Å². The number of phosphoric ester groups is 1. The van der Waals surface area contributed by atoms with Crippen molar-refractivity contribution in [2.24, 2.45) is 0 Å². The van der Waals surface area contributed by atoms with Crippen molar-refractivity contribution >= 4 is 24.6 Å². The number of pyridine rings is 1. The zero-order valence-electron chi connectivity index (χ0n) is 13.7. The van der Waals surface area contributed by atoms with E-state index in [4.69, 9.17) is 4.52 Å². The Hall–Kier alpha value is -1.79. The topological polar surface area (TPSA) is 86.8 Å². The lowest BCUT2D eigenvalue weighted by atomic mass is 10.1. The highest BCUT2D eigenvalue weighted by Crippen LogP contribution is 2.47. The monoisotopic (exact) mass is 352 g/mol. The third kappa shape index (κ3) is 5.39. The number of nitrogens with one attached hydrogen (secondary N) is 1.